The van der Waals surface area contributed by atoms with Crippen molar-refractivity contribution in [3.63, 3.8) is 0 Å². The van der Waals surface area contributed by atoms with E-state index in [-0.39, 0.29) is 5.54 Å². The van der Waals surface area contributed by atoms with Crippen molar-refractivity contribution in [2.24, 2.45) is 5.73 Å². The number of aromatic nitrogens is 2. The maximum Gasteiger partial charge on any atom is 0.110 e. The van der Waals surface area contributed by atoms with Crippen molar-refractivity contribution in [2.45, 2.75) is 43.6 Å². The molecule has 0 atom stereocenters. The molecule has 0 saturated heterocycles. The average Bonchev–Trinajstić information content (AvgIpc) is 3.05. The molecule has 2 aromatic rings. The standard InChI is InChI=1S/C14H17N3/c15-14(6-1-7-14)10-4-5-11-12(8-10)17-13(16-11)9-2-3-9/h4-5,8-9H,1-3,6-7,15H2,(H,16,17). The van der Waals surface area contributed by atoms with Crippen LogP contribution < -0.4 is 5.73 Å². The maximum absolute atomic E-state index is 6.36. The van der Waals surface area contributed by atoms with Crippen LogP contribution in [-0.4, -0.2) is 9.97 Å². The lowest BCUT2D eigenvalue weighted by atomic mass is 9.73. The first-order chi connectivity index (χ1) is 8.24. The highest BCUT2D eigenvalue weighted by Crippen LogP contribution is 2.41. The zero-order valence-corrected chi connectivity index (χ0v) is 9.87. The Labute approximate surface area is 100 Å². The molecule has 0 radical (unpaired) electrons. The normalized spacial score (nSPS) is 22.6. The van der Waals surface area contributed by atoms with Crippen LogP contribution in [0.4, 0.5) is 0 Å². The van der Waals surface area contributed by atoms with Crippen LogP contribution in [0.15, 0.2) is 18.2 Å². The first-order valence-corrected chi connectivity index (χ1v) is 6.54. The van der Waals surface area contributed by atoms with Gasteiger partial charge >= 0.3 is 0 Å². The van der Waals surface area contributed by atoms with Gasteiger partial charge in [0.2, 0.25) is 0 Å². The molecule has 2 aliphatic rings. The first kappa shape index (κ1) is 9.66. The molecule has 2 aliphatic carbocycles. The Morgan fingerprint density at radius 2 is 2.12 bits per heavy atom. The van der Waals surface area contributed by atoms with Gasteiger partial charge in [0.1, 0.15) is 5.82 Å². The Balaban J connectivity index is 1.80. The number of H-pyrrole nitrogens is 1. The summed E-state index contributed by atoms with van der Waals surface area (Å²) in [5.74, 6) is 1.85. The monoisotopic (exact) mass is 227 g/mol. The number of nitrogens with one attached hydrogen (secondary N) is 1. The second-order valence-electron chi connectivity index (χ2n) is 5.64. The van der Waals surface area contributed by atoms with E-state index in [2.05, 4.69) is 28.2 Å². The lowest BCUT2D eigenvalue weighted by molar-refractivity contribution is 0.254. The molecule has 3 nitrogen and oxygen atoms in total. The minimum Gasteiger partial charge on any atom is -0.342 e. The molecule has 3 N–H and O–H groups in total. The molecule has 4 rings (SSSR count). The Morgan fingerprint density at radius 3 is 2.76 bits per heavy atom. The summed E-state index contributed by atoms with van der Waals surface area (Å²) in [7, 11) is 0. The molecule has 0 spiro atoms. The second kappa shape index (κ2) is 3.10. The highest BCUT2D eigenvalue weighted by molar-refractivity contribution is 5.76. The van der Waals surface area contributed by atoms with E-state index in [1.807, 2.05) is 0 Å². The highest BCUT2D eigenvalue weighted by atomic mass is 14.9. The van der Waals surface area contributed by atoms with E-state index >= 15 is 0 Å². The van der Waals surface area contributed by atoms with Crippen molar-refractivity contribution in [3.05, 3.63) is 29.6 Å². The van der Waals surface area contributed by atoms with Crippen LogP contribution in [0, 0.1) is 0 Å². The van der Waals surface area contributed by atoms with Gasteiger partial charge in [0.15, 0.2) is 0 Å². The zero-order valence-electron chi connectivity index (χ0n) is 9.87. The van der Waals surface area contributed by atoms with Crippen molar-refractivity contribution >= 4 is 11.0 Å². The van der Waals surface area contributed by atoms with Crippen LogP contribution in [-0.2, 0) is 5.54 Å². The number of hydrogen-bond donors (Lipinski definition) is 2. The maximum atomic E-state index is 6.36. The molecular formula is C14H17N3. The van der Waals surface area contributed by atoms with Crippen molar-refractivity contribution in [3.8, 4) is 0 Å². The largest absolute Gasteiger partial charge is 0.342 e. The molecule has 0 amide bonds. The predicted octanol–water partition coefficient (Wildman–Crippen LogP) is 2.78. The van der Waals surface area contributed by atoms with Gasteiger partial charge < -0.3 is 10.7 Å². The van der Waals surface area contributed by atoms with Crippen molar-refractivity contribution in [1.82, 2.24) is 9.97 Å². The fraction of sp³-hybridized carbons (Fsp3) is 0.500. The molecule has 1 aromatic carbocycles. The molecule has 0 unspecified atom stereocenters. The minimum absolute atomic E-state index is 0.0704. The van der Waals surface area contributed by atoms with Gasteiger partial charge in [0.05, 0.1) is 11.0 Å². The lowest BCUT2D eigenvalue weighted by Gasteiger charge is -2.38. The quantitative estimate of drug-likeness (QED) is 0.828. The van der Waals surface area contributed by atoms with Crippen molar-refractivity contribution < 1.29 is 0 Å². The van der Waals surface area contributed by atoms with Crippen molar-refractivity contribution in [2.75, 3.05) is 0 Å². The summed E-state index contributed by atoms with van der Waals surface area (Å²) in [4.78, 5) is 8.10. The highest BCUT2D eigenvalue weighted by Gasteiger charge is 2.34. The van der Waals surface area contributed by atoms with E-state index in [1.165, 1.54) is 24.8 Å². The fourth-order valence-corrected chi connectivity index (χ4v) is 2.74. The number of imidazole rings is 1. The van der Waals surface area contributed by atoms with Gasteiger partial charge in [-0.1, -0.05) is 6.07 Å². The van der Waals surface area contributed by atoms with E-state index in [4.69, 9.17) is 5.73 Å². The molecule has 88 valence electrons. The number of fused-ring (bicyclic) bond motifs is 1. The van der Waals surface area contributed by atoms with Gasteiger partial charge in [-0.2, -0.15) is 0 Å². The smallest absolute Gasteiger partial charge is 0.110 e. The number of benzene rings is 1. The fourth-order valence-electron chi connectivity index (χ4n) is 2.74. The van der Waals surface area contributed by atoms with Crippen molar-refractivity contribution in [1.29, 1.82) is 0 Å². The Hall–Kier alpha value is -1.35. The summed E-state index contributed by atoms with van der Waals surface area (Å²) in [5, 5.41) is 0. The van der Waals surface area contributed by atoms with Crippen LogP contribution >= 0.6 is 0 Å². The van der Waals surface area contributed by atoms with Crippen LogP contribution in [0.2, 0.25) is 0 Å². The van der Waals surface area contributed by atoms with E-state index in [0.717, 1.165) is 29.7 Å². The zero-order chi connectivity index (χ0) is 11.5. The molecule has 2 fully saturated rings. The molecule has 1 aromatic heterocycles. The summed E-state index contributed by atoms with van der Waals surface area (Å²) in [6, 6.07) is 6.46. The molecular weight excluding hydrogens is 210 g/mol. The average molecular weight is 227 g/mol. The Kier molecular flexibility index (Phi) is 1.76. The topological polar surface area (TPSA) is 54.7 Å². The second-order valence-corrected chi connectivity index (χ2v) is 5.64. The van der Waals surface area contributed by atoms with Crippen LogP contribution in [0.5, 0.6) is 0 Å². The third-order valence-corrected chi connectivity index (χ3v) is 4.28. The van der Waals surface area contributed by atoms with Gasteiger partial charge in [-0.25, -0.2) is 4.98 Å². The molecule has 2 saturated carbocycles. The summed E-state index contributed by atoms with van der Waals surface area (Å²) in [6.45, 7) is 0. The molecule has 3 heteroatoms. The van der Waals surface area contributed by atoms with Gasteiger partial charge in [-0.15, -0.1) is 0 Å². The van der Waals surface area contributed by atoms with Gasteiger partial charge in [0.25, 0.3) is 0 Å². The van der Waals surface area contributed by atoms with Gasteiger partial charge in [0, 0.05) is 11.5 Å². The third-order valence-electron chi connectivity index (χ3n) is 4.28. The number of hydrogen-bond acceptors (Lipinski definition) is 2. The van der Waals surface area contributed by atoms with Crippen LogP contribution in [0.1, 0.15) is 49.4 Å². The summed E-state index contributed by atoms with van der Waals surface area (Å²) in [5.41, 5.74) is 9.79. The summed E-state index contributed by atoms with van der Waals surface area (Å²) < 4.78 is 0. The van der Waals surface area contributed by atoms with Gasteiger partial charge in [-0.05, 0) is 49.8 Å². The number of nitrogens with two attached hydrogens (primary N) is 1. The van der Waals surface area contributed by atoms with Crippen LogP contribution in [0.3, 0.4) is 0 Å². The summed E-state index contributed by atoms with van der Waals surface area (Å²) in [6.07, 6.45) is 6.05. The number of rotatable bonds is 2. The SMILES string of the molecule is NC1(c2ccc3nc(C4CC4)[nH]c3c2)CCC1. The van der Waals surface area contributed by atoms with E-state index in [9.17, 15) is 0 Å². The first-order valence-electron chi connectivity index (χ1n) is 6.54. The summed E-state index contributed by atoms with van der Waals surface area (Å²) >= 11 is 0. The van der Waals surface area contributed by atoms with E-state index in [0.29, 0.717) is 5.92 Å². The van der Waals surface area contributed by atoms with Crippen LogP contribution in [0.25, 0.3) is 11.0 Å². The van der Waals surface area contributed by atoms with Gasteiger partial charge in [-0.3, -0.25) is 0 Å². The molecule has 0 aliphatic heterocycles. The predicted molar refractivity (Wildman–Crippen MR) is 67.8 cm³/mol. The molecule has 0 bridgehead atoms. The molecule has 1 heterocycles. The molecule has 17 heavy (non-hydrogen) atoms. The number of aromatic amines is 1. The Bertz CT molecular complexity index is 576. The lowest BCUT2D eigenvalue weighted by Crippen LogP contribution is -2.43. The van der Waals surface area contributed by atoms with E-state index in [1.54, 1.807) is 0 Å². The van der Waals surface area contributed by atoms with E-state index < -0.39 is 0 Å². The minimum atomic E-state index is -0.0704. The Morgan fingerprint density at radius 1 is 1.29 bits per heavy atom. The number of nitrogens with zero attached hydrogens (tertiary/aromatic N) is 1. The third kappa shape index (κ3) is 1.42.